The summed E-state index contributed by atoms with van der Waals surface area (Å²) in [6, 6.07) is 5.48. The van der Waals surface area contributed by atoms with Gasteiger partial charge in [0.1, 0.15) is 13.5 Å². The molecule has 21 heavy (non-hydrogen) atoms. The third-order valence-corrected chi connectivity index (χ3v) is 5.70. The van der Waals surface area contributed by atoms with Crippen LogP contribution in [-0.2, 0) is 10.0 Å². The van der Waals surface area contributed by atoms with Crippen LogP contribution in [0.1, 0.15) is 6.92 Å². The zero-order chi connectivity index (χ0) is 16.3. The Morgan fingerprint density at radius 1 is 1.19 bits per heavy atom. The number of rotatable bonds is 4. The summed E-state index contributed by atoms with van der Waals surface area (Å²) in [5, 5.41) is -0.0861. The van der Waals surface area contributed by atoms with Gasteiger partial charge in [-0.1, -0.05) is 37.2 Å². The van der Waals surface area contributed by atoms with Crippen LogP contribution in [0.2, 0.25) is 24.7 Å². The largest absolute Gasteiger partial charge is 0.240 e. The molecule has 0 saturated heterocycles. The molecule has 0 saturated carbocycles. The molecule has 1 rings (SSSR count). The van der Waals surface area contributed by atoms with E-state index in [1.165, 1.54) is 24.3 Å². The van der Waals surface area contributed by atoms with Crippen molar-refractivity contribution in [2.45, 2.75) is 42.9 Å². The maximum Gasteiger partial charge on any atom is 0.240 e. The number of alkyl halides is 1. The number of hydrogen-bond donors (Lipinski definition) is 1. The predicted molar refractivity (Wildman–Crippen MR) is 92.0 cm³/mol. The molecular weight excluding hydrogens is 345 g/mol. The van der Waals surface area contributed by atoms with Crippen LogP contribution < -0.4 is 4.72 Å². The van der Waals surface area contributed by atoms with Crippen LogP contribution in [0, 0.1) is 11.5 Å². The Labute approximate surface area is 138 Å². The van der Waals surface area contributed by atoms with E-state index < -0.39 is 29.5 Å². The van der Waals surface area contributed by atoms with E-state index in [9.17, 15) is 8.42 Å². The van der Waals surface area contributed by atoms with Crippen molar-refractivity contribution in [1.29, 1.82) is 0 Å². The SMILES string of the molecule is CC(NS(=O)(=O)c1ccc(Cl)cc1)C(Cl)C#C[Si](C)(C)C. The summed E-state index contributed by atoms with van der Waals surface area (Å²) < 4.78 is 27.0. The number of sulfonamides is 1. The van der Waals surface area contributed by atoms with Gasteiger partial charge in [0, 0.05) is 11.1 Å². The molecule has 0 aromatic heterocycles. The second-order valence-corrected chi connectivity index (χ2v) is 13.2. The molecule has 2 atom stereocenters. The Kier molecular flexibility index (Phi) is 6.32. The molecule has 0 aliphatic rings. The number of benzene rings is 1. The van der Waals surface area contributed by atoms with Gasteiger partial charge in [-0.2, -0.15) is 0 Å². The zero-order valence-electron chi connectivity index (χ0n) is 12.4. The smallest absolute Gasteiger partial charge is 0.207 e. The highest BCUT2D eigenvalue weighted by Gasteiger charge is 2.21. The molecule has 0 aliphatic heterocycles. The summed E-state index contributed by atoms with van der Waals surface area (Å²) in [5.41, 5.74) is 3.14. The quantitative estimate of drug-likeness (QED) is 0.505. The maximum absolute atomic E-state index is 12.2. The molecule has 0 radical (unpaired) electrons. The zero-order valence-corrected chi connectivity index (χ0v) is 15.8. The van der Waals surface area contributed by atoms with Crippen molar-refractivity contribution in [1.82, 2.24) is 4.72 Å². The van der Waals surface area contributed by atoms with E-state index in [1.54, 1.807) is 6.92 Å². The molecule has 7 heteroatoms. The summed E-state index contributed by atoms with van der Waals surface area (Å²) in [5.74, 6) is 2.93. The first-order chi connectivity index (χ1) is 9.51. The molecule has 0 spiro atoms. The van der Waals surface area contributed by atoms with E-state index in [0.717, 1.165) is 0 Å². The fourth-order valence-electron chi connectivity index (χ4n) is 1.40. The fourth-order valence-corrected chi connectivity index (χ4v) is 3.65. The van der Waals surface area contributed by atoms with Crippen molar-refractivity contribution >= 4 is 41.3 Å². The van der Waals surface area contributed by atoms with Crippen molar-refractivity contribution in [2.24, 2.45) is 0 Å². The van der Waals surface area contributed by atoms with Gasteiger partial charge >= 0.3 is 0 Å². The first-order valence-corrected chi connectivity index (χ1v) is 12.3. The van der Waals surface area contributed by atoms with E-state index in [4.69, 9.17) is 23.2 Å². The van der Waals surface area contributed by atoms with E-state index >= 15 is 0 Å². The summed E-state index contributed by atoms with van der Waals surface area (Å²) in [7, 11) is -5.16. The molecule has 1 N–H and O–H groups in total. The summed E-state index contributed by atoms with van der Waals surface area (Å²) in [4.78, 5) is 0.153. The second-order valence-electron chi connectivity index (χ2n) is 5.78. The minimum Gasteiger partial charge on any atom is -0.207 e. The van der Waals surface area contributed by atoms with Gasteiger partial charge in [0.25, 0.3) is 0 Å². The first kappa shape index (κ1) is 18.5. The average molecular weight is 364 g/mol. The number of halogens is 2. The van der Waals surface area contributed by atoms with Crippen LogP contribution >= 0.6 is 23.2 Å². The van der Waals surface area contributed by atoms with Gasteiger partial charge in [-0.25, -0.2) is 13.1 Å². The molecule has 116 valence electrons. The number of hydrogen-bond acceptors (Lipinski definition) is 2. The lowest BCUT2D eigenvalue weighted by molar-refractivity contribution is 0.564. The Morgan fingerprint density at radius 3 is 2.19 bits per heavy atom. The summed E-state index contributed by atoms with van der Waals surface area (Å²) in [6.45, 7) is 8.01. The lowest BCUT2D eigenvalue weighted by Crippen LogP contribution is -2.38. The van der Waals surface area contributed by atoms with Crippen LogP contribution in [0.5, 0.6) is 0 Å². The van der Waals surface area contributed by atoms with Gasteiger partial charge in [-0.15, -0.1) is 17.1 Å². The second kappa shape index (κ2) is 7.17. The highest BCUT2D eigenvalue weighted by Crippen LogP contribution is 2.15. The Balaban J connectivity index is 2.83. The summed E-state index contributed by atoms with van der Waals surface area (Å²) >= 11 is 11.9. The van der Waals surface area contributed by atoms with Crippen molar-refractivity contribution in [3.05, 3.63) is 29.3 Å². The molecule has 3 nitrogen and oxygen atoms in total. The van der Waals surface area contributed by atoms with Crippen molar-refractivity contribution < 1.29 is 8.42 Å². The molecule has 0 heterocycles. The number of nitrogens with one attached hydrogen (secondary N) is 1. The minimum absolute atomic E-state index is 0.153. The molecule has 1 aromatic rings. The van der Waals surface area contributed by atoms with Crippen LogP contribution in [0.3, 0.4) is 0 Å². The molecular formula is C14H19Cl2NO2SSi. The summed E-state index contributed by atoms with van der Waals surface area (Å²) in [6.07, 6.45) is 0. The van der Waals surface area contributed by atoms with Gasteiger partial charge < -0.3 is 0 Å². The van der Waals surface area contributed by atoms with Crippen molar-refractivity contribution in [3.63, 3.8) is 0 Å². The van der Waals surface area contributed by atoms with Gasteiger partial charge in [0.15, 0.2) is 0 Å². The van der Waals surface area contributed by atoms with Crippen LogP contribution in [0.15, 0.2) is 29.2 Å². The monoisotopic (exact) mass is 363 g/mol. The molecule has 2 unspecified atom stereocenters. The minimum atomic E-state index is -3.62. The Hall–Kier alpha value is -0.513. The average Bonchev–Trinajstić information content (AvgIpc) is 2.35. The maximum atomic E-state index is 12.2. The van der Waals surface area contributed by atoms with Gasteiger partial charge in [0.05, 0.1) is 4.90 Å². The molecule has 0 amide bonds. The fraction of sp³-hybridized carbons (Fsp3) is 0.429. The Morgan fingerprint density at radius 2 is 1.71 bits per heavy atom. The lowest BCUT2D eigenvalue weighted by Gasteiger charge is -2.16. The lowest BCUT2D eigenvalue weighted by atomic mass is 10.3. The van der Waals surface area contributed by atoms with Crippen molar-refractivity contribution in [3.8, 4) is 11.5 Å². The van der Waals surface area contributed by atoms with E-state index in [1.807, 2.05) is 0 Å². The topological polar surface area (TPSA) is 46.2 Å². The highest BCUT2D eigenvalue weighted by atomic mass is 35.5. The van der Waals surface area contributed by atoms with Crippen LogP contribution in [-0.4, -0.2) is 27.9 Å². The Bertz CT molecular complexity index is 642. The van der Waals surface area contributed by atoms with E-state index in [0.29, 0.717) is 5.02 Å². The van der Waals surface area contributed by atoms with Crippen molar-refractivity contribution in [2.75, 3.05) is 0 Å². The third-order valence-electron chi connectivity index (χ3n) is 2.49. The predicted octanol–water partition coefficient (Wildman–Crippen LogP) is 3.50. The molecule has 0 aliphatic carbocycles. The molecule has 0 fully saturated rings. The molecule has 1 aromatic carbocycles. The van der Waals surface area contributed by atoms with Crippen LogP contribution in [0.4, 0.5) is 0 Å². The van der Waals surface area contributed by atoms with Crippen LogP contribution in [0.25, 0.3) is 0 Å². The van der Waals surface area contributed by atoms with E-state index in [2.05, 4.69) is 35.8 Å². The van der Waals surface area contributed by atoms with Gasteiger partial charge in [-0.3, -0.25) is 0 Å². The normalized spacial score (nSPS) is 15.0. The van der Waals surface area contributed by atoms with E-state index in [-0.39, 0.29) is 4.90 Å². The first-order valence-electron chi connectivity index (χ1n) is 6.46. The van der Waals surface area contributed by atoms with Gasteiger partial charge in [-0.05, 0) is 31.2 Å². The molecule has 0 bridgehead atoms. The standard InChI is InChI=1S/C14H19Cl2NO2SSi/c1-11(14(16)9-10-21(2,3)4)17-20(18,19)13-7-5-12(15)6-8-13/h5-8,11,14,17H,1-4H3. The third kappa shape index (κ3) is 6.41. The van der Waals surface area contributed by atoms with Gasteiger partial charge in [0.2, 0.25) is 10.0 Å². The highest BCUT2D eigenvalue weighted by molar-refractivity contribution is 7.89.